The van der Waals surface area contributed by atoms with E-state index < -0.39 is 0 Å². The summed E-state index contributed by atoms with van der Waals surface area (Å²) >= 11 is 0. The van der Waals surface area contributed by atoms with Gasteiger partial charge >= 0.3 is 0 Å². The van der Waals surface area contributed by atoms with E-state index in [-0.39, 0.29) is 6.61 Å². The fraction of sp³-hybridized carbons (Fsp3) is 0.625. The maximum atomic E-state index is 9.12. The minimum absolute atomic E-state index is 0.285. The quantitative estimate of drug-likeness (QED) is 0.825. The second-order valence-corrected chi connectivity index (χ2v) is 5.78. The van der Waals surface area contributed by atoms with Crippen molar-refractivity contribution in [3.05, 3.63) is 34.9 Å². The Bertz CT molecular complexity index is 411. The highest BCUT2D eigenvalue weighted by Gasteiger charge is 2.30. The lowest BCUT2D eigenvalue weighted by Crippen LogP contribution is -2.55. The number of quaternary nitrogens is 1. The van der Waals surface area contributed by atoms with Gasteiger partial charge in [0.05, 0.1) is 19.8 Å². The van der Waals surface area contributed by atoms with Gasteiger partial charge in [-0.25, -0.2) is 0 Å². The predicted octanol–water partition coefficient (Wildman–Crippen LogP) is 2.03. The van der Waals surface area contributed by atoms with Gasteiger partial charge in [0.1, 0.15) is 19.6 Å². The zero-order valence-electron chi connectivity index (χ0n) is 12.2. The molecule has 1 saturated heterocycles. The van der Waals surface area contributed by atoms with Crippen LogP contribution in [-0.4, -0.2) is 49.0 Å². The van der Waals surface area contributed by atoms with Crippen molar-refractivity contribution in [2.75, 3.05) is 39.5 Å². The third-order valence-electron chi connectivity index (χ3n) is 4.30. The molecule has 3 nitrogen and oxygen atoms in total. The van der Waals surface area contributed by atoms with E-state index in [4.69, 9.17) is 9.84 Å². The van der Waals surface area contributed by atoms with E-state index in [2.05, 4.69) is 32.0 Å². The number of hydrogen-bond acceptors (Lipinski definition) is 2. The van der Waals surface area contributed by atoms with Gasteiger partial charge in [-0.15, -0.1) is 0 Å². The zero-order chi connectivity index (χ0) is 13.7. The standard InChI is InChI=1S/C16H26NO2/c1-14-4-5-16(12-15(14)2)13-17(6-3-9-18)7-10-19-11-8-17/h4-5,12,18H,3,6-11,13H2,1-2H3/q+1. The van der Waals surface area contributed by atoms with Gasteiger partial charge in [-0.1, -0.05) is 18.2 Å². The lowest BCUT2D eigenvalue weighted by atomic mass is 10.0. The highest BCUT2D eigenvalue weighted by molar-refractivity contribution is 5.29. The third-order valence-corrected chi connectivity index (χ3v) is 4.30. The van der Waals surface area contributed by atoms with Crippen LogP contribution in [0.25, 0.3) is 0 Å². The van der Waals surface area contributed by atoms with Crippen LogP contribution in [0.15, 0.2) is 18.2 Å². The summed E-state index contributed by atoms with van der Waals surface area (Å²) < 4.78 is 6.57. The highest BCUT2D eigenvalue weighted by Crippen LogP contribution is 2.20. The third kappa shape index (κ3) is 3.78. The molecule has 0 unspecified atom stereocenters. The molecule has 0 aromatic heterocycles. The molecule has 0 radical (unpaired) electrons. The molecule has 19 heavy (non-hydrogen) atoms. The molecule has 1 aliphatic rings. The lowest BCUT2D eigenvalue weighted by Gasteiger charge is -2.41. The molecule has 0 atom stereocenters. The number of benzene rings is 1. The SMILES string of the molecule is Cc1ccc(C[N+]2(CCCO)CCOCC2)cc1C. The molecule has 0 aliphatic carbocycles. The van der Waals surface area contributed by atoms with Crippen molar-refractivity contribution < 1.29 is 14.3 Å². The Morgan fingerprint density at radius 3 is 2.53 bits per heavy atom. The number of aliphatic hydroxyl groups is 1. The van der Waals surface area contributed by atoms with Gasteiger partial charge in [-0.3, -0.25) is 0 Å². The molecule has 0 bridgehead atoms. The molecule has 1 fully saturated rings. The second kappa shape index (κ2) is 6.51. The normalized spacial score (nSPS) is 18.5. The van der Waals surface area contributed by atoms with Crippen LogP contribution < -0.4 is 0 Å². The van der Waals surface area contributed by atoms with Crippen molar-refractivity contribution in [1.82, 2.24) is 0 Å². The summed E-state index contributed by atoms with van der Waals surface area (Å²) in [5.41, 5.74) is 4.13. The fourth-order valence-corrected chi connectivity index (χ4v) is 2.89. The molecule has 1 aromatic carbocycles. The summed E-state index contributed by atoms with van der Waals surface area (Å²) in [4.78, 5) is 0. The van der Waals surface area contributed by atoms with Crippen LogP contribution >= 0.6 is 0 Å². The van der Waals surface area contributed by atoms with Crippen molar-refractivity contribution in [3.63, 3.8) is 0 Å². The lowest BCUT2D eigenvalue weighted by molar-refractivity contribution is -0.947. The Morgan fingerprint density at radius 1 is 1.16 bits per heavy atom. The Hall–Kier alpha value is -0.900. The number of rotatable bonds is 5. The number of nitrogens with zero attached hydrogens (tertiary/aromatic N) is 1. The number of ether oxygens (including phenoxy) is 1. The summed E-state index contributed by atoms with van der Waals surface area (Å²) in [5, 5.41) is 9.12. The fourth-order valence-electron chi connectivity index (χ4n) is 2.89. The Kier molecular flexibility index (Phi) is 4.97. The number of morpholine rings is 1. The number of hydrogen-bond donors (Lipinski definition) is 1. The molecular formula is C16H26NO2+. The molecule has 2 rings (SSSR count). The summed E-state index contributed by atoms with van der Waals surface area (Å²) in [6.45, 7) is 10.5. The summed E-state index contributed by atoms with van der Waals surface area (Å²) in [7, 11) is 0. The maximum Gasteiger partial charge on any atom is 0.105 e. The van der Waals surface area contributed by atoms with Crippen LogP contribution in [0.4, 0.5) is 0 Å². The van der Waals surface area contributed by atoms with Gasteiger partial charge in [-0.05, 0) is 25.0 Å². The van der Waals surface area contributed by atoms with Gasteiger partial charge in [0.2, 0.25) is 0 Å². The van der Waals surface area contributed by atoms with Gasteiger partial charge in [0, 0.05) is 18.6 Å². The van der Waals surface area contributed by atoms with Crippen molar-refractivity contribution in [2.45, 2.75) is 26.8 Å². The minimum atomic E-state index is 0.285. The zero-order valence-corrected chi connectivity index (χ0v) is 12.2. The van der Waals surface area contributed by atoms with Crippen molar-refractivity contribution >= 4 is 0 Å². The molecule has 1 aromatic rings. The Balaban J connectivity index is 2.12. The molecule has 1 N–H and O–H groups in total. The first-order valence-corrected chi connectivity index (χ1v) is 7.25. The van der Waals surface area contributed by atoms with E-state index in [0.717, 1.165) is 50.3 Å². The molecule has 1 heterocycles. The molecule has 3 heteroatoms. The van der Waals surface area contributed by atoms with Gasteiger partial charge in [-0.2, -0.15) is 0 Å². The van der Waals surface area contributed by atoms with E-state index in [1.807, 2.05) is 0 Å². The maximum absolute atomic E-state index is 9.12. The highest BCUT2D eigenvalue weighted by atomic mass is 16.5. The van der Waals surface area contributed by atoms with Crippen molar-refractivity contribution in [1.29, 1.82) is 0 Å². The first kappa shape index (κ1) is 14.5. The van der Waals surface area contributed by atoms with E-state index in [0.29, 0.717) is 0 Å². The van der Waals surface area contributed by atoms with Gasteiger partial charge < -0.3 is 14.3 Å². The van der Waals surface area contributed by atoms with Crippen molar-refractivity contribution in [2.24, 2.45) is 0 Å². The predicted molar refractivity (Wildman–Crippen MR) is 77.0 cm³/mol. The average molecular weight is 264 g/mol. The Labute approximate surface area is 116 Å². The van der Waals surface area contributed by atoms with Crippen LogP contribution in [0.2, 0.25) is 0 Å². The van der Waals surface area contributed by atoms with E-state index in [1.54, 1.807) is 0 Å². The van der Waals surface area contributed by atoms with E-state index in [9.17, 15) is 0 Å². The molecule has 106 valence electrons. The van der Waals surface area contributed by atoms with Crippen molar-refractivity contribution in [3.8, 4) is 0 Å². The van der Waals surface area contributed by atoms with Crippen LogP contribution in [0.3, 0.4) is 0 Å². The summed E-state index contributed by atoms with van der Waals surface area (Å²) in [6.07, 6.45) is 0.880. The number of aryl methyl sites for hydroxylation is 2. The topological polar surface area (TPSA) is 29.5 Å². The van der Waals surface area contributed by atoms with Crippen LogP contribution in [-0.2, 0) is 11.3 Å². The van der Waals surface area contributed by atoms with Crippen LogP contribution in [0.5, 0.6) is 0 Å². The van der Waals surface area contributed by atoms with Gasteiger partial charge in [0.25, 0.3) is 0 Å². The summed E-state index contributed by atoms with van der Waals surface area (Å²) in [6, 6.07) is 6.77. The van der Waals surface area contributed by atoms with Crippen LogP contribution in [0.1, 0.15) is 23.1 Å². The molecule has 0 spiro atoms. The monoisotopic (exact) mass is 264 g/mol. The average Bonchev–Trinajstić information content (AvgIpc) is 2.42. The largest absolute Gasteiger partial charge is 0.396 e. The Morgan fingerprint density at radius 2 is 1.89 bits per heavy atom. The molecule has 1 aliphatic heterocycles. The van der Waals surface area contributed by atoms with Crippen LogP contribution in [0, 0.1) is 13.8 Å². The molecular weight excluding hydrogens is 238 g/mol. The summed E-state index contributed by atoms with van der Waals surface area (Å²) in [5.74, 6) is 0. The first-order chi connectivity index (χ1) is 9.15. The van der Waals surface area contributed by atoms with Gasteiger partial charge in [0.15, 0.2) is 0 Å². The number of aliphatic hydroxyl groups excluding tert-OH is 1. The van der Waals surface area contributed by atoms with E-state index in [1.165, 1.54) is 16.7 Å². The molecule has 0 amide bonds. The second-order valence-electron chi connectivity index (χ2n) is 5.78. The minimum Gasteiger partial charge on any atom is -0.396 e. The van der Waals surface area contributed by atoms with E-state index >= 15 is 0 Å². The molecule has 0 saturated carbocycles. The first-order valence-electron chi connectivity index (χ1n) is 7.25. The smallest absolute Gasteiger partial charge is 0.105 e.